The molecule has 0 fully saturated rings. The van der Waals surface area contributed by atoms with Crippen LogP contribution >= 0.6 is 0 Å². The Morgan fingerprint density at radius 3 is 0.832 bits per heavy atom. The molecular weight excluding hydrogens is 1430 g/mol. The lowest BCUT2D eigenvalue weighted by Gasteiger charge is -2.46. The molecule has 0 aliphatic carbocycles. The van der Waals surface area contributed by atoms with Gasteiger partial charge in [0.1, 0.15) is 0 Å². The molecule has 14 rings (SSSR count). The number of hydrogen-bond acceptors (Lipinski definition) is 2. The first-order chi connectivity index (χ1) is 64.6. The summed E-state index contributed by atoms with van der Waals surface area (Å²) in [5.74, 6) is 0. The Labute approximate surface area is 752 Å². The summed E-state index contributed by atoms with van der Waals surface area (Å²) in [4.78, 5) is 3.63. The molecule has 12 aromatic rings. The molecule has 0 atom stereocenters. The summed E-state index contributed by atoms with van der Waals surface area (Å²) in [6.45, 7) is 62.0. The van der Waals surface area contributed by atoms with Gasteiger partial charge >= 0.3 is 0 Å². The SMILES string of the molecule is [2H]c1c([2H])c([2H])c(-c2ccc3c(c2)N(c2c(-c4c([2H])c([2H])c(C(C)(C)C)c([2H])c4[2H])c([2H])c(C(C)(C)C)c([2H])c2-c2c([2H])c(C(C)(C)C)c([2H])c(C(C)(C)C)c2[2H])c2cc(-c4cccc(C(C)(C)C)c4)cc4c2B3c2ccc(-c3cc(C(C)(C)C)cc(C(C)(C)C)c3)cc2N4c2c(-c3c([2H])c([2H])c(C(C)(C)C)c([2H])c3[2H])c([2H])c(C(C)(C)C)c([2H])c2-c2c([2H])c(C(C)(C)C)c([2H])c(C(C)(C)C)c2[2H])c([2H])c1[2H]. The van der Waals surface area contributed by atoms with Crippen LogP contribution in [0.5, 0.6) is 0 Å². The Bertz CT molecular complexity index is 7180. The molecule has 2 heterocycles. The fourth-order valence-corrected chi connectivity index (χ4v) is 15.5. The Balaban J connectivity index is 1.43. The fourth-order valence-electron chi connectivity index (χ4n) is 15.5. The molecule has 0 spiro atoms. The molecule has 119 heavy (non-hydrogen) atoms. The number of nitrogens with zero attached hydrogens (tertiary/aromatic N) is 2. The normalized spacial score (nSPS) is 16.6. The van der Waals surface area contributed by atoms with Crippen LogP contribution in [0.2, 0.25) is 0 Å². The highest BCUT2D eigenvalue weighted by molar-refractivity contribution is 7.00. The van der Waals surface area contributed by atoms with Gasteiger partial charge in [0.25, 0.3) is 6.71 Å². The number of hydrogen-bond donors (Lipinski definition) is 0. The van der Waals surface area contributed by atoms with Crippen molar-refractivity contribution in [1.82, 2.24) is 0 Å². The minimum Gasteiger partial charge on any atom is -0.310 e. The summed E-state index contributed by atoms with van der Waals surface area (Å²) in [5.41, 5.74) is -5.30. The standard InChI is InChI=1S/C116H137BN2/c1-106(2,3)82-48-42-73(43-49-82)93-68-91(115(28,29)30)70-95(80-57-87(111(16,17)18)66-88(58-80)112(19,20)21)104(93)118-99-61-76(72-38-35-34-36-39-72)46-52-97(99)117-98-53-47-77(78-55-85(109(10,11)12)65-86(56-78)110(13,14)15)62-100(98)119(102-64-79(63-101(118)103(102)117)75-40-37-41-84(54-75)108(7,8)9)105-94(74-44-50-83(51-45-74)107(4,5)6)69-92(116(31,32)33)71-96(105)81-59-89(113(22,23)24)67-90(60-81)114(25,26)27/h34-71H,1-33H3/i34D,35D,36D,38D,39D,42D,43D,44D,45D,48D,49D,50D,51D,57D,58D,59D,60D,66D,67D,68D,69D,70D,71D. The van der Waals surface area contributed by atoms with Gasteiger partial charge in [0.15, 0.2) is 0 Å². The van der Waals surface area contributed by atoms with E-state index in [9.17, 15) is 30.2 Å². The first kappa shape index (κ1) is 60.7. The summed E-state index contributed by atoms with van der Waals surface area (Å²) >= 11 is 0. The van der Waals surface area contributed by atoms with Gasteiger partial charge in [-0.05, 0) is 241 Å². The van der Waals surface area contributed by atoms with Crippen molar-refractivity contribution in [3.05, 3.63) is 291 Å². The number of anilines is 6. The van der Waals surface area contributed by atoms with E-state index in [-0.39, 0.29) is 165 Å². The first-order valence-electron chi connectivity index (χ1n) is 53.9. The lowest BCUT2D eigenvalue weighted by Crippen LogP contribution is -2.61. The van der Waals surface area contributed by atoms with Gasteiger partial charge in [-0.3, -0.25) is 0 Å². The quantitative estimate of drug-likeness (QED) is 0.133. The van der Waals surface area contributed by atoms with E-state index >= 15 is 0 Å². The molecule has 2 aliphatic heterocycles. The van der Waals surface area contributed by atoms with Crippen molar-refractivity contribution in [2.75, 3.05) is 9.80 Å². The van der Waals surface area contributed by atoms with Crippen LogP contribution in [0.1, 0.15) is 321 Å². The second-order valence-corrected chi connectivity index (χ2v) is 44.7. The second kappa shape index (κ2) is 29.6. The molecule has 12 aromatic carbocycles. The Morgan fingerprint density at radius 1 is 0.210 bits per heavy atom. The van der Waals surface area contributed by atoms with Crippen LogP contribution in [-0.4, -0.2) is 6.71 Å². The topological polar surface area (TPSA) is 6.48 Å². The Morgan fingerprint density at radius 2 is 0.496 bits per heavy atom. The minimum absolute atomic E-state index is 0.0104. The number of benzene rings is 12. The van der Waals surface area contributed by atoms with Crippen molar-refractivity contribution in [3.63, 3.8) is 0 Å². The van der Waals surface area contributed by atoms with Gasteiger partial charge in [0.05, 0.1) is 42.9 Å². The molecule has 0 saturated heterocycles. The highest BCUT2D eigenvalue weighted by Crippen LogP contribution is 2.57. The first-order valence-corrected chi connectivity index (χ1v) is 42.4. The lowest BCUT2D eigenvalue weighted by molar-refractivity contribution is 0.568. The van der Waals surface area contributed by atoms with E-state index < -0.39 is 169 Å². The lowest BCUT2D eigenvalue weighted by atomic mass is 9.33. The highest BCUT2D eigenvalue weighted by atomic mass is 15.2. The number of fused-ring (bicyclic) bond motifs is 4. The van der Waals surface area contributed by atoms with Crippen LogP contribution in [-0.2, 0) is 59.6 Å². The zero-order valence-corrected chi connectivity index (χ0v) is 77.1. The van der Waals surface area contributed by atoms with Gasteiger partial charge in [-0.25, -0.2) is 0 Å². The molecule has 0 saturated carbocycles. The van der Waals surface area contributed by atoms with E-state index in [4.69, 9.17) is 1.37 Å². The van der Waals surface area contributed by atoms with Gasteiger partial charge < -0.3 is 9.80 Å². The predicted molar refractivity (Wildman–Crippen MR) is 524 cm³/mol. The van der Waals surface area contributed by atoms with Gasteiger partial charge in [-0.2, -0.15) is 0 Å². The second-order valence-electron chi connectivity index (χ2n) is 44.7. The maximum Gasteiger partial charge on any atom is 0.252 e. The van der Waals surface area contributed by atoms with Crippen LogP contribution in [0.25, 0.3) is 77.9 Å². The molecular formula is C116H137BN2. The molecule has 0 bridgehead atoms. The smallest absolute Gasteiger partial charge is 0.252 e. The fraction of sp³-hybridized carbons (Fsp3) is 0.379. The van der Waals surface area contributed by atoms with Crippen molar-refractivity contribution in [1.29, 1.82) is 0 Å². The third-order valence-corrected chi connectivity index (χ3v) is 23.1. The molecule has 0 radical (unpaired) electrons. The van der Waals surface area contributed by atoms with E-state index in [0.717, 1.165) is 22.3 Å². The molecule has 0 amide bonds. The van der Waals surface area contributed by atoms with Gasteiger partial charge in [0, 0.05) is 45.0 Å². The highest BCUT2D eigenvalue weighted by Gasteiger charge is 2.47. The third kappa shape index (κ3) is 17.0. The van der Waals surface area contributed by atoms with Crippen LogP contribution in [0.3, 0.4) is 0 Å². The van der Waals surface area contributed by atoms with Crippen molar-refractivity contribution in [2.45, 2.75) is 288 Å². The summed E-state index contributed by atoms with van der Waals surface area (Å²) < 4.78 is 246. The zero-order valence-electron chi connectivity index (χ0n) is 100. The maximum absolute atomic E-state index is 11.8. The van der Waals surface area contributed by atoms with Crippen molar-refractivity contribution < 1.29 is 31.5 Å². The molecule has 2 aliphatic rings. The minimum atomic E-state index is -1.29. The Hall–Kier alpha value is -9.70. The summed E-state index contributed by atoms with van der Waals surface area (Å²) in [5, 5.41) is 0. The summed E-state index contributed by atoms with van der Waals surface area (Å²) in [6.07, 6.45) is 0. The van der Waals surface area contributed by atoms with Gasteiger partial charge in [0.2, 0.25) is 0 Å². The molecule has 0 unspecified atom stereocenters. The maximum atomic E-state index is 11.8. The van der Waals surface area contributed by atoms with Crippen LogP contribution in [0.4, 0.5) is 34.1 Å². The largest absolute Gasteiger partial charge is 0.310 e. The number of rotatable bonds is 9. The molecule has 0 aromatic heterocycles. The van der Waals surface area contributed by atoms with E-state index in [0.29, 0.717) is 38.8 Å². The van der Waals surface area contributed by atoms with Crippen molar-refractivity contribution in [3.8, 4) is 77.9 Å². The van der Waals surface area contributed by atoms with E-state index in [1.54, 1.807) is 85.4 Å². The van der Waals surface area contributed by atoms with Crippen LogP contribution < -0.4 is 26.2 Å². The monoisotopic (exact) mass is 1590 g/mol. The predicted octanol–water partition coefficient (Wildman–Crippen LogP) is 31.7. The van der Waals surface area contributed by atoms with Gasteiger partial charge in [-0.15, -0.1) is 0 Å². The molecule has 3 heteroatoms. The average molecular weight is 1590 g/mol. The molecule has 0 N–H and O–H groups in total. The van der Waals surface area contributed by atoms with Crippen molar-refractivity contribution in [2.24, 2.45) is 0 Å². The van der Waals surface area contributed by atoms with Gasteiger partial charge in [-0.1, -0.05) is 410 Å². The summed E-state index contributed by atoms with van der Waals surface area (Å²) in [7, 11) is 0. The zero-order chi connectivity index (χ0) is 107. The third-order valence-electron chi connectivity index (χ3n) is 23.1. The van der Waals surface area contributed by atoms with Crippen LogP contribution in [0, 0.1) is 0 Å². The van der Waals surface area contributed by atoms with Crippen LogP contribution in [0.15, 0.2) is 230 Å². The van der Waals surface area contributed by atoms with E-state index in [2.05, 4.69) is 80.5 Å². The van der Waals surface area contributed by atoms with Crippen molar-refractivity contribution >= 4 is 57.2 Å². The molecule has 614 valence electrons. The van der Waals surface area contributed by atoms with E-state index in [1.165, 1.54) is 0 Å². The summed E-state index contributed by atoms with van der Waals surface area (Å²) in [6, 6.07) is 19.0. The Kier molecular flexibility index (Phi) is 15.1. The average Bonchev–Trinajstić information content (AvgIpc) is 0.674. The molecule has 2 nitrogen and oxygen atoms in total. The van der Waals surface area contributed by atoms with E-state index in [1.807, 2.05) is 163 Å².